The zero-order chi connectivity index (χ0) is 13.7. The van der Waals surface area contributed by atoms with Gasteiger partial charge in [0, 0.05) is 23.6 Å². The Morgan fingerprint density at radius 1 is 1.33 bits per heavy atom. The molecule has 2 N–H and O–H groups in total. The van der Waals surface area contributed by atoms with Gasteiger partial charge in [-0.1, -0.05) is 0 Å². The molecule has 0 saturated carbocycles. The van der Waals surface area contributed by atoms with Crippen LogP contribution in [0.4, 0.5) is 22.0 Å². The van der Waals surface area contributed by atoms with E-state index in [1.54, 1.807) is 0 Å². The number of hydrogen-bond donors (Lipinski definition) is 2. The fraction of sp³-hybridized carbons (Fsp3) is 0.333. The molecule has 1 aromatic rings. The zero-order valence-electron chi connectivity index (χ0n) is 8.52. The molecule has 1 aliphatic rings. The number of halogens is 5. The van der Waals surface area contributed by atoms with Crippen molar-refractivity contribution in [2.24, 2.45) is 0 Å². The SMILES string of the molecule is O=S(O)NC1c2c(F)c(F)cc(F)c2CC1(F)F. The average molecular weight is 287 g/mol. The lowest BCUT2D eigenvalue weighted by Crippen LogP contribution is -2.35. The molecule has 0 spiro atoms. The summed E-state index contributed by atoms with van der Waals surface area (Å²) in [6, 6.07) is -2.08. The van der Waals surface area contributed by atoms with E-state index in [1.165, 1.54) is 4.72 Å². The Bertz CT molecular complexity index is 536. The second kappa shape index (κ2) is 4.25. The molecule has 100 valence electrons. The van der Waals surface area contributed by atoms with Crippen LogP contribution in [0.25, 0.3) is 0 Å². The molecule has 0 aromatic heterocycles. The summed E-state index contributed by atoms with van der Waals surface area (Å²) in [5.74, 6) is -8.27. The highest BCUT2D eigenvalue weighted by Crippen LogP contribution is 2.45. The Morgan fingerprint density at radius 2 is 1.94 bits per heavy atom. The highest BCUT2D eigenvalue weighted by Gasteiger charge is 2.51. The van der Waals surface area contributed by atoms with Crippen LogP contribution in [0.1, 0.15) is 17.2 Å². The lowest BCUT2D eigenvalue weighted by molar-refractivity contribution is -0.0198. The molecule has 0 radical (unpaired) electrons. The normalized spacial score (nSPS) is 22.9. The molecule has 0 aliphatic heterocycles. The minimum Gasteiger partial charge on any atom is -0.294 e. The van der Waals surface area contributed by atoms with Gasteiger partial charge in [0.1, 0.15) is 11.9 Å². The van der Waals surface area contributed by atoms with E-state index in [1.807, 2.05) is 0 Å². The second-order valence-corrected chi connectivity index (χ2v) is 4.52. The zero-order valence-corrected chi connectivity index (χ0v) is 9.33. The van der Waals surface area contributed by atoms with Crippen molar-refractivity contribution in [2.75, 3.05) is 0 Å². The van der Waals surface area contributed by atoms with Crippen molar-refractivity contribution in [3.05, 3.63) is 34.6 Å². The van der Waals surface area contributed by atoms with Gasteiger partial charge >= 0.3 is 0 Å². The molecule has 1 aliphatic carbocycles. The van der Waals surface area contributed by atoms with Crippen LogP contribution < -0.4 is 4.72 Å². The topological polar surface area (TPSA) is 49.3 Å². The number of hydrogen-bond acceptors (Lipinski definition) is 1. The van der Waals surface area contributed by atoms with Gasteiger partial charge in [0.25, 0.3) is 5.92 Å². The molecular weight excluding hydrogens is 281 g/mol. The molecular formula is C9H6F5NO2S. The quantitative estimate of drug-likeness (QED) is 0.497. The Balaban J connectivity index is 2.62. The molecule has 2 atom stereocenters. The first-order chi connectivity index (χ1) is 8.24. The van der Waals surface area contributed by atoms with Crippen molar-refractivity contribution in [2.45, 2.75) is 18.4 Å². The summed E-state index contributed by atoms with van der Waals surface area (Å²) in [5, 5.41) is 0. The summed E-state index contributed by atoms with van der Waals surface area (Å²) >= 11 is -2.87. The predicted molar refractivity (Wildman–Crippen MR) is 51.6 cm³/mol. The van der Waals surface area contributed by atoms with Gasteiger partial charge in [0.2, 0.25) is 11.3 Å². The minimum atomic E-state index is -3.68. The van der Waals surface area contributed by atoms with Crippen LogP contribution in [0.3, 0.4) is 0 Å². The third-order valence-electron chi connectivity index (χ3n) is 2.66. The van der Waals surface area contributed by atoms with Gasteiger partial charge in [-0.3, -0.25) is 4.55 Å². The third-order valence-corrected chi connectivity index (χ3v) is 3.09. The van der Waals surface area contributed by atoms with E-state index in [0.29, 0.717) is 0 Å². The maximum Gasteiger partial charge on any atom is 0.272 e. The third kappa shape index (κ3) is 2.02. The first kappa shape index (κ1) is 13.4. The van der Waals surface area contributed by atoms with E-state index in [9.17, 15) is 26.2 Å². The summed E-state index contributed by atoms with van der Waals surface area (Å²) in [6.07, 6.45) is -1.17. The molecule has 9 heteroatoms. The fourth-order valence-electron chi connectivity index (χ4n) is 1.93. The number of benzene rings is 1. The molecule has 0 amide bonds. The monoisotopic (exact) mass is 287 g/mol. The van der Waals surface area contributed by atoms with Crippen molar-refractivity contribution in [1.29, 1.82) is 0 Å². The maximum atomic E-state index is 13.5. The van der Waals surface area contributed by atoms with Crippen LogP contribution in [0.2, 0.25) is 0 Å². The summed E-state index contributed by atoms with van der Waals surface area (Å²) in [7, 11) is 0. The molecule has 3 nitrogen and oxygen atoms in total. The molecule has 0 saturated heterocycles. The highest BCUT2D eigenvalue weighted by atomic mass is 32.2. The number of nitrogens with one attached hydrogen (secondary N) is 1. The maximum absolute atomic E-state index is 13.5. The fourth-order valence-corrected chi connectivity index (χ4v) is 2.42. The second-order valence-electron chi connectivity index (χ2n) is 3.78. The first-order valence-corrected chi connectivity index (χ1v) is 5.76. The van der Waals surface area contributed by atoms with Crippen molar-refractivity contribution in [3.63, 3.8) is 0 Å². The molecule has 2 unspecified atom stereocenters. The van der Waals surface area contributed by atoms with Gasteiger partial charge in [-0.15, -0.1) is 0 Å². The number of fused-ring (bicyclic) bond motifs is 1. The summed E-state index contributed by atoms with van der Waals surface area (Å²) < 4.78 is 87.2. The Labute approximate surface area is 100 Å². The number of rotatable bonds is 2. The Hall–Kier alpha value is -1.06. The van der Waals surface area contributed by atoms with Gasteiger partial charge < -0.3 is 0 Å². The van der Waals surface area contributed by atoms with Gasteiger partial charge in [-0.05, 0) is 0 Å². The van der Waals surface area contributed by atoms with E-state index in [4.69, 9.17) is 4.55 Å². The molecule has 2 rings (SSSR count). The van der Waals surface area contributed by atoms with Crippen LogP contribution in [0.5, 0.6) is 0 Å². The Morgan fingerprint density at radius 3 is 2.50 bits per heavy atom. The molecule has 0 bridgehead atoms. The number of alkyl halides is 2. The molecule has 0 fully saturated rings. The van der Waals surface area contributed by atoms with Gasteiger partial charge in [0.15, 0.2) is 11.6 Å². The van der Waals surface area contributed by atoms with Crippen LogP contribution in [-0.4, -0.2) is 14.7 Å². The van der Waals surface area contributed by atoms with Gasteiger partial charge in [0.05, 0.1) is 0 Å². The Kier molecular flexibility index (Phi) is 3.16. The first-order valence-electron chi connectivity index (χ1n) is 4.65. The van der Waals surface area contributed by atoms with Gasteiger partial charge in [-0.2, -0.15) is 0 Å². The molecule has 18 heavy (non-hydrogen) atoms. The van der Waals surface area contributed by atoms with Gasteiger partial charge in [-0.25, -0.2) is 30.9 Å². The van der Waals surface area contributed by atoms with Crippen molar-refractivity contribution in [3.8, 4) is 0 Å². The van der Waals surface area contributed by atoms with Crippen molar-refractivity contribution in [1.82, 2.24) is 4.72 Å². The smallest absolute Gasteiger partial charge is 0.272 e. The van der Waals surface area contributed by atoms with Crippen molar-refractivity contribution >= 4 is 11.3 Å². The summed E-state index contributed by atoms with van der Waals surface area (Å²) in [4.78, 5) is 0. The van der Waals surface area contributed by atoms with Crippen LogP contribution in [0, 0.1) is 17.5 Å². The lowest BCUT2D eigenvalue weighted by atomic mass is 10.1. The highest BCUT2D eigenvalue weighted by molar-refractivity contribution is 7.77. The summed E-state index contributed by atoms with van der Waals surface area (Å²) in [5.41, 5.74) is -1.64. The van der Waals surface area contributed by atoms with E-state index < -0.39 is 58.2 Å². The van der Waals surface area contributed by atoms with Crippen LogP contribution >= 0.6 is 0 Å². The van der Waals surface area contributed by atoms with Crippen molar-refractivity contribution < 1.29 is 30.7 Å². The summed E-state index contributed by atoms with van der Waals surface area (Å²) in [6.45, 7) is 0. The lowest BCUT2D eigenvalue weighted by Gasteiger charge is -2.19. The largest absolute Gasteiger partial charge is 0.294 e. The minimum absolute atomic E-state index is 0.169. The van der Waals surface area contributed by atoms with E-state index in [0.717, 1.165) is 0 Å². The van der Waals surface area contributed by atoms with E-state index >= 15 is 0 Å². The van der Waals surface area contributed by atoms with Crippen LogP contribution in [0.15, 0.2) is 6.07 Å². The molecule has 0 heterocycles. The standard InChI is InChI=1S/C9H6F5NO2S/c10-4-1-5(11)7(12)6-3(4)2-9(13,14)8(6)15-18(16)17/h1,8,15H,2H2,(H,16,17). The van der Waals surface area contributed by atoms with Crippen LogP contribution in [-0.2, 0) is 17.7 Å². The van der Waals surface area contributed by atoms with E-state index in [-0.39, 0.29) is 6.07 Å². The average Bonchev–Trinajstić information content (AvgIpc) is 2.48. The molecule has 1 aromatic carbocycles. The van der Waals surface area contributed by atoms with E-state index in [2.05, 4.69) is 0 Å². The predicted octanol–water partition coefficient (Wildman–Crippen LogP) is 2.06.